The van der Waals surface area contributed by atoms with Gasteiger partial charge in [-0.2, -0.15) is 0 Å². The quantitative estimate of drug-likeness (QED) is 0.727. The summed E-state index contributed by atoms with van der Waals surface area (Å²) >= 11 is 0. The number of fused-ring (bicyclic) bond motifs is 1. The highest BCUT2D eigenvalue weighted by atomic mass is 16.5. The number of amides is 1. The number of benzene rings is 1. The highest BCUT2D eigenvalue weighted by molar-refractivity contribution is 5.90. The largest absolute Gasteiger partial charge is 0.451 e. The van der Waals surface area contributed by atoms with E-state index < -0.39 is 5.97 Å². The Hall–Kier alpha value is -3.15. The van der Waals surface area contributed by atoms with Crippen LogP contribution in [0, 0.1) is 6.92 Å². The van der Waals surface area contributed by atoms with Crippen LogP contribution in [0.2, 0.25) is 0 Å². The molecule has 2 aromatic heterocycles. The molecule has 1 N–H and O–H groups in total. The van der Waals surface area contributed by atoms with Crippen molar-refractivity contribution in [1.29, 1.82) is 0 Å². The summed E-state index contributed by atoms with van der Waals surface area (Å²) < 4.78 is 6.87. The van der Waals surface area contributed by atoms with Crippen molar-refractivity contribution in [3.05, 3.63) is 71.7 Å². The molecular weight excluding hydrogens is 318 g/mol. The third-order valence-corrected chi connectivity index (χ3v) is 3.92. The Labute approximate surface area is 145 Å². The molecule has 1 aromatic carbocycles. The van der Waals surface area contributed by atoms with E-state index in [1.54, 1.807) is 16.7 Å². The van der Waals surface area contributed by atoms with Crippen molar-refractivity contribution >= 4 is 17.5 Å². The lowest BCUT2D eigenvalue weighted by Crippen LogP contribution is -2.31. The van der Waals surface area contributed by atoms with Crippen LogP contribution in [0.15, 0.2) is 54.7 Å². The number of hydrogen-bond donors (Lipinski definition) is 1. The molecular formula is C19H19N3O3. The number of esters is 1. The van der Waals surface area contributed by atoms with Crippen molar-refractivity contribution in [2.75, 3.05) is 6.61 Å². The maximum Gasteiger partial charge on any atom is 0.359 e. The predicted molar refractivity (Wildman–Crippen MR) is 93.2 cm³/mol. The number of rotatable bonds is 5. The number of nitrogens with one attached hydrogen (secondary N) is 1. The van der Waals surface area contributed by atoms with Crippen LogP contribution in [0.3, 0.4) is 0 Å². The summed E-state index contributed by atoms with van der Waals surface area (Å²) in [5.74, 6) is -0.977. The molecule has 0 aliphatic heterocycles. The van der Waals surface area contributed by atoms with Gasteiger partial charge in [0.2, 0.25) is 0 Å². The number of carbonyl (C=O) groups is 2. The summed E-state index contributed by atoms with van der Waals surface area (Å²) in [5, 5.41) is 2.80. The molecule has 0 saturated carbocycles. The second-order valence-corrected chi connectivity index (χ2v) is 5.80. The number of ether oxygens (including phenoxy) is 1. The Bertz CT molecular complexity index is 903. The molecule has 0 aliphatic rings. The maximum atomic E-state index is 12.1. The van der Waals surface area contributed by atoms with Crippen molar-refractivity contribution < 1.29 is 14.3 Å². The normalized spacial score (nSPS) is 11.9. The molecule has 128 valence electrons. The van der Waals surface area contributed by atoms with E-state index in [1.165, 1.54) is 0 Å². The van der Waals surface area contributed by atoms with Crippen LogP contribution in [-0.2, 0) is 9.53 Å². The molecule has 6 heteroatoms. The van der Waals surface area contributed by atoms with Gasteiger partial charge in [-0.05, 0) is 31.5 Å². The van der Waals surface area contributed by atoms with E-state index in [0.29, 0.717) is 5.65 Å². The zero-order chi connectivity index (χ0) is 17.8. The molecule has 1 unspecified atom stereocenters. The Morgan fingerprint density at radius 1 is 1.16 bits per heavy atom. The SMILES string of the molecule is Cc1cccc2nc(C(=O)OCC(=O)NC(C)c3ccccc3)cn12. The molecule has 3 aromatic rings. The van der Waals surface area contributed by atoms with E-state index in [9.17, 15) is 9.59 Å². The third-order valence-electron chi connectivity index (χ3n) is 3.92. The number of hydrogen-bond acceptors (Lipinski definition) is 4. The van der Waals surface area contributed by atoms with E-state index in [-0.39, 0.29) is 24.2 Å². The smallest absolute Gasteiger partial charge is 0.359 e. The minimum Gasteiger partial charge on any atom is -0.451 e. The summed E-state index contributed by atoms with van der Waals surface area (Å²) in [6, 6.07) is 15.0. The topological polar surface area (TPSA) is 72.7 Å². The number of carbonyl (C=O) groups excluding carboxylic acids is 2. The summed E-state index contributed by atoms with van der Waals surface area (Å²) in [7, 11) is 0. The van der Waals surface area contributed by atoms with Crippen LogP contribution in [0.1, 0.15) is 34.7 Å². The van der Waals surface area contributed by atoms with Crippen LogP contribution >= 0.6 is 0 Å². The van der Waals surface area contributed by atoms with Crippen molar-refractivity contribution in [1.82, 2.24) is 14.7 Å². The first-order valence-electron chi connectivity index (χ1n) is 8.01. The second-order valence-electron chi connectivity index (χ2n) is 5.80. The zero-order valence-corrected chi connectivity index (χ0v) is 14.1. The van der Waals surface area contributed by atoms with E-state index >= 15 is 0 Å². The molecule has 1 atom stereocenters. The van der Waals surface area contributed by atoms with Crippen molar-refractivity contribution in [2.45, 2.75) is 19.9 Å². The Morgan fingerprint density at radius 3 is 2.64 bits per heavy atom. The zero-order valence-electron chi connectivity index (χ0n) is 14.1. The molecule has 0 fully saturated rings. The van der Waals surface area contributed by atoms with E-state index in [2.05, 4.69) is 10.3 Å². The van der Waals surface area contributed by atoms with E-state index in [0.717, 1.165) is 11.3 Å². The van der Waals surface area contributed by atoms with Gasteiger partial charge in [0.05, 0.1) is 6.04 Å². The van der Waals surface area contributed by atoms with Gasteiger partial charge in [0, 0.05) is 11.9 Å². The van der Waals surface area contributed by atoms with Gasteiger partial charge in [-0.15, -0.1) is 0 Å². The molecule has 0 bridgehead atoms. The predicted octanol–water partition coefficient (Wildman–Crippen LogP) is 2.68. The standard InChI is InChI=1S/C19H19N3O3/c1-13-7-6-10-17-21-16(11-22(13)17)19(24)25-12-18(23)20-14(2)15-8-4-3-5-9-15/h3-11,14H,12H2,1-2H3,(H,20,23). The number of aromatic nitrogens is 2. The molecule has 0 aliphatic carbocycles. The number of pyridine rings is 1. The first-order valence-corrected chi connectivity index (χ1v) is 8.01. The average Bonchev–Trinajstić information content (AvgIpc) is 3.06. The van der Waals surface area contributed by atoms with Crippen LogP contribution < -0.4 is 5.32 Å². The highest BCUT2D eigenvalue weighted by Crippen LogP contribution is 2.11. The van der Waals surface area contributed by atoms with Crippen LogP contribution in [0.25, 0.3) is 5.65 Å². The number of imidazole rings is 1. The lowest BCUT2D eigenvalue weighted by molar-refractivity contribution is -0.124. The monoisotopic (exact) mass is 337 g/mol. The van der Waals surface area contributed by atoms with Gasteiger partial charge < -0.3 is 14.5 Å². The maximum absolute atomic E-state index is 12.1. The van der Waals surface area contributed by atoms with Gasteiger partial charge in [0.25, 0.3) is 5.91 Å². The second kappa shape index (κ2) is 7.17. The van der Waals surface area contributed by atoms with Crippen molar-refractivity contribution in [2.24, 2.45) is 0 Å². The summed E-state index contributed by atoms with van der Waals surface area (Å²) in [5.41, 5.74) is 2.78. The molecule has 25 heavy (non-hydrogen) atoms. The molecule has 0 spiro atoms. The van der Waals surface area contributed by atoms with Crippen LogP contribution in [0.4, 0.5) is 0 Å². The summed E-state index contributed by atoms with van der Waals surface area (Å²) in [6.07, 6.45) is 1.61. The van der Waals surface area contributed by atoms with Gasteiger partial charge in [0.1, 0.15) is 5.65 Å². The summed E-state index contributed by atoms with van der Waals surface area (Å²) in [6.45, 7) is 3.45. The lowest BCUT2D eigenvalue weighted by Gasteiger charge is -2.14. The first kappa shape index (κ1) is 16.7. The minimum atomic E-state index is -0.620. The fourth-order valence-electron chi connectivity index (χ4n) is 2.56. The van der Waals surface area contributed by atoms with Crippen molar-refractivity contribution in [3.8, 4) is 0 Å². The van der Waals surface area contributed by atoms with Gasteiger partial charge in [-0.3, -0.25) is 4.79 Å². The highest BCUT2D eigenvalue weighted by Gasteiger charge is 2.16. The van der Waals surface area contributed by atoms with E-state index in [4.69, 9.17) is 4.74 Å². The Kier molecular flexibility index (Phi) is 4.79. The fourth-order valence-corrected chi connectivity index (χ4v) is 2.56. The third kappa shape index (κ3) is 3.85. The molecule has 1 amide bonds. The fraction of sp³-hybridized carbons (Fsp3) is 0.211. The first-order chi connectivity index (χ1) is 12.0. The Balaban J connectivity index is 1.58. The molecule has 3 rings (SSSR count). The molecule has 0 radical (unpaired) electrons. The van der Waals surface area contributed by atoms with Crippen LogP contribution in [-0.4, -0.2) is 27.9 Å². The van der Waals surface area contributed by atoms with Gasteiger partial charge >= 0.3 is 5.97 Å². The minimum absolute atomic E-state index is 0.162. The molecule has 6 nitrogen and oxygen atoms in total. The molecule has 0 saturated heterocycles. The van der Waals surface area contributed by atoms with Gasteiger partial charge in [-0.25, -0.2) is 9.78 Å². The molecule has 2 heterocycles. The van der Waals surface area contributed by atoms with Gasteiger partial charge in [-0.1, -0.05) is 36.4 Å². The average molecular weight is 337 g/mol. The summed E-state index contributed by atoms with van der Waals surface area (Å²) in [4.78, 5) is 28.3. The van der Waals surface area contributed by atoms with Crippen LogP contribution in [0.5, 0.6) is 0 Å². The van der Waals surface area contributed by atoms with Gasteiger partial charge in [0.15, 0.2) is 12.3 Å². The number of nitrogens with zero attached hydrogens (tertiary/aromatic N) is 2. The van der Waals surface area contributed by atoms with E-state index in [1.807, 2.05) is 56.3 Å². The van der Waals surface area contributed by atoms with Crippen molar-refractivity contribution in [3.63, 3.8) is 0 Å². The lowest BCUT2D eigenvalue weighted by atomic mass is 10.1. The Morgan fingerprint density at radius 2 is 1.92 bits per heavy atom. The number of aryl methyl sites for hydroxylation is 1.